The Labute approximate surface area is 126 Å². The highest BCUT2D eigenvalue weighted by Gasteiger charge is 2.16. The number of aliphatic hydroxyl groups is 1. The molecule has 0 fully saturated rings. The van der Waals surface area contributed by atoms with E-state index in [1.165, 1.54) is 19.2 Å². The maximum Gasteiger partial charge on any atom is 0.240 e. The molecule has 6 heteroatoms. The molecule has 0 heterocycles. The second-order valence-electron chi connectivity index (χ2n) is 4.88. The Bertz CT molecular complexity index is 627. The lowest BCUT2D eigenvalue weighted by molar-refractivity contribution is 0.305. The monoisotopic (exact) mass is 311 g/mol. The molecule has 2 N–H and O–H groups in total. The van der Waals surface area contributed by atoms with Gasteiger partial charge in [-0.2, -0.15) is 0 Å². The lowest BCUT2D eigenvalue weighted by Gasteiger charge is -2.10. The average molecular weight is 311 g/mol. The van der Waals surface area contributed by atoms with Crippen molar-refractivity contribution in [3.8, 4) is 17.6 Å². The summed E-state index contributed by atoms with van der Waals surface area (Å²) in [5, 5.41) is 8.74. The Kier molecular flexibility index (Phi) is 6.69. The van der Waals surface area contributed by atoms with Crippen LogP contribution in [0.15, 0.2) is 23.1 Å². The predicted octanol–water partition coefficient (Wildman–Crippen LogP) is 1.36. The van der Waals surface area contributed by atoms with Crippen LogP contribution in [-0.2, 0) is 10.0 Å². The van der Waals surface area contributed by atoms with Gasteiger partial charge in [0.1, 0.15) is 5.75 Å². The minimum absolute atomic E-state index is 0.0384. The zero-order valence-corrected chi connectivity index (χ0v) is 13.3. The van der Waals surface area contributed by atoms with Gasteiger partial charge >= 0.3 is 0 Å². The molecule has 0 bridgehead atoms. The molecule has 0 amide bonds. The van der Waals surface area contributed by atoms with Crippen molar-refractivity contribution >= 4 is 10.0 Å². The van der Waals surface area contributed by atoms with Crippen LogP contribution in [0.4, 0.5) is 0 Å². The van der Waals surface area contributed by atoms with E-state index in [4.69, 9.17) is 9.84 Å². The van der Waals surface area contributed by atoms with Crippen LogP contribution in [0, 0.1) is 17.8 Å². The minimum atomic E-state index is -3.56. The molecule has 0 aliphatic heterocycles. The van der Waals surface area contributed by atoms with Crippen LogP contribution in [0.1, 0.15) is 25.8 Å². The first kappa shape index (κ1) is 17.5. The molecule has 21 heavy (non-hydrogen) atoms. The molecule has 0 saturated carbocycles. The van der Waals surface area contributed by atoms with E-state index >= 15 is 0 Å². The van der Waals surface area contributed by atoms with Gasteiger partial charge in [-0.1, -0.05) is 25.7 Å². The lowest BCUT2D eigenvalue weighted by Crippen LogP contribution is -2.27. The standard InChI is InChI=1S/C15H21NO4S/c1-12(2)11-16-21(18,19)14-7-8-15(20-3)13(10-14)6-4-5-9-17/h7-8,10,12,16-17H,5,9,11H2,1-3H3. The van der Waals surface area contributed by atoms with Gasteiger partial charge in [0.2, 0.25) is 10.0 Å². The van der Waals surface area contributed by atoms with Crippen molar-refractivity contribution in [2.75, 3.05) is 20.3 Å². The van der Waals surface area contributed by atoms with Crippen molar-refractivity contribution in [1.82, 2.24) is 4.72 Å². The topological polar surface area (TPSA) is 75.6 Å². The van der Waals surface area contributed by atoms with Crippen molar-refractivity contribution in [2.45, 2.75) is 25.2 Å². The molecule has 0 saturated heterocycles. The largest absolute Gasteiger partial charge is 0.495 e. The van der Waals surface area contributed by atoms with Gasteiger partial charge in [-0.15, -0.1) is 0 Å². The number of hydrogen-bond donors (Lipinski definition) is 2. The second-order valence-corrected chi connectivity index (χ2v) is 6.65. The zero-order valence-electron chi connectivity index (χ0n) is 12.5. The number of ether oxygens (including phenoxy) is 1. The van der Waals surface area contributed by atoms with Gasteiger partial charge in [0.05, 0.1) is 24.2 Å². The third-order valence-corrected chi connectivity index (χ3v) is 4.04. The van der Waals surface area contributed by atoms with Crippen molar-refractivity contribution in [3.63, 3.8) is 0 Å². The van der Waals surface area contributed by atoms with E-state index in [1.807, 2.05) is 13.8 Å². The molecule has 0 atom stereocenters. The van der Waals surface area contributed by atoms with Crippen LogP contribution in [0.5, 0.6) is 5.75 Å². The van der Waals surface area contributed by atoms with Crippen LogP contribution >= 0.6 is 0 Å². The Balaban J connectivity index is 3.10. The Hall–Kier alpha value is -1.55. The van der Waals surface area contributed by atoms with Gasteiger partial charge in [0.15, 0.2) is 0 Å². The number of rotatable bonds is 6. The van der Waals surface area contributed by atoms with Crippen LogP contribution in [0.25, 0.3) is 0 Å². The average Bonchev–Trinajstić information content (AvgIpc) is 2.45. The highest BCUT2D eigenvalue weighted by atomic mass is 32.2. The molecule has 0 aromatic heterocycles. The fourth-order valence-electron chi connectivity index (χ4n) is 1.53. The molecule has 0 aliphatic carbocycles. The summed E-state index contributed by atoms with van der Waals surface area (Å²) < 4.78 is 32.1. The minimum Gasteiger partial charge on any atom is -0.495 e. The first-order valence-electron chi connectivity index (χ1n) is 6.68. The third kappa shape index (κ3) is 5.38. The molecule has 0 radical (unpaired) electrons. The maximum absolute atomic E-state index is 12.2. The summed E-state index contributed by atoms with van der Waals surface area (Å²) in [6.07, 6.45) is 0.325. The number of hydrogen-bond acceptors (Lipinski definition) is 4. The fraction of sp³-hybridized carbons (Fsp3) is 0.467. The van der Waals surface area contributed by atoms with E-state index in [-0.39, 0.29) is 17.4 Å². The first-order valence-corrected chi connectivity index (χ1v) is 8.16. The molecule has 1 aromatic rings. The summed E-state index contributed by atoms with van der Waals surface area (Å²) in [6.45, 7) is 4.20. The molecule has 0 spiro atoms. The summed E-state index contributed by atoms with van der Waals surface area (Å²) in [5.74, 6) is 6.30. The molecule has 0 unspecified atom stereocenters. The van der Waals surface area contributed by atoms with E-state index < -0.39 is 10.0 Å². The number of sulfonamides is 1. The molecule has 1 aromatic carbocycles. The summed E-state index contributed by atoms with van der Waals surface area (Å²) in [7, 11) is -2.06. The third-order valence-electron chi connectivity index (χ3n) is 2.62. The fourth-order valence-corrected chi connectivity index (χ4v) is 2.76. The normalized spacial score (nSPS) is 11.1. The number of benzene rings is 1. The van der Waals surface area contributed by atoms with Crippen molar-refractivity contribution < 1.29 is 18.3 Å². The van der Waals surface area contributed by atoms with Crippen LogP contribution in [-0.4, -0.2) is 33.8 Å². The van der Waals surface area contributed by atoms with E-state index in [1.54, 1.807) is 6.07 Å². The first-order chi connectivity index (χ1) is 9.90. The summed E-state index contributed by atoms with van der Waals surface area (Å²) >= 11 is 0. The van der Waals surface area contributed by atoms with E-state index in [0.717, 1.165) is 0 Å². The number of aliphatic hydroxyl groups excluding tert-OH is 1. The van der Waals surface area contributed by atoms with Gasteiger partial charge in [0.25, 0.3) is 0 Å². The van der Waals surface area contributed by atoms with Crippen molar-refractivity contribution in [3.05, 3.63) is 23.8 Å². The highest BCUT2D eigenvalue weighted by molar-refractivity contribution is 7.89. The van der Waals surface area contributed by atoms with Gasteiger partial charge in [-0.3, -0.25) is 0 Å². The smallest absolute Gasteiger partial charge is 0.240 e. The Morgan fingerprint density at radius 3 is 2.67 bits per heavy atom. The second kappa shape index (κ2) is 8.03. The molecule has 116 valence electrons. The highest BCUT2D eigenvalue weighted by Crippen LogP contribution is 2.21. The van der Waals surface area contributed by atoms with E-state index in [9.17, 15) is 8.42 Å². The SMILES string of the molecule is COc1ccc(S(=O)(=O)NCC(C)C)cc1C#CCCO. The van der Waals surface area contributed by atoms with Crippen LogP contribution in [0.3, 0.4) is 0 Å². The van der Waals surface area contributed by atoms with Crippen LogP contribution in [0.2, 0.25) is 0 Å². The number of nitrogens with one attached hydrogen (secondary N) is 1. The van der Waals surface area contributed by atoms with E-state index in [0.29, 0.717) is 24.3 Å². The van der Waals surface area contributed by atoms with E-state index in [2.05, 4.69) is 16.6 Å². The molecule has 5 nitrogen and oxygen atoms in total. The van der Waals surface area contributed by atoms with Crippen molar-refractivity contribution in [1.29, 1.82) is 0 Å². The number of methoxy groups -OCH3 is 1. The Morgan fingerprint density at radius 2 is 2.10 bits per heavy atom. The lowest BCUT2D eigenvalue weighted by atomic mass is 10.2. The maximum atomic E-state index is 12.2. The molecule has 1 rings (SSSR count). The quantitative estimate of drug-likeness (QED) is 0.778. The zero-order chi connectivity index (χ0) is 15.9. The van der Waals surface area contributed by atoms with Crippen LogP contribution < -0.4 is 9.46 Å². The Morgan fingerprint density at radius 1 is 1.38 bits per heavy atom. The predicted molar refractivity (Wildman–Crippen MR) is 81.6 cm³/mol. The molecular weight excluding hydrogens is 290 g/mol. The summed E-state index contributed by atoms with van der Waals surface area (Å²) in [5.41, 5.74) is 0.485. The summed E-state index contributed by atoms with van der Waals surface area (Å²) in [4.78, 5) is 0.150. The van der Waals surface area contributed by atoms with Gasteiger partial charge < -0.3 is 9.84 Å². The summed E-state index contributed by atoms with van der Waals surface area (Å²) in [6, 6.07) is 4.54. The van der Waals surface area contributed by atoms with Crippen molar-refractivity contribution in [2.24, 2.45) is 5.92 Å². The van der Waals surface area contributed by atoms with Gasteiger partial charge in [-0.25, -0.2) is 13.1 Å². The van der Waals surface area contributed by atoms with Gasteiger partial charge in [0, 0.05) is 13.0 Å². The van der Waals surface area contributed by atoms with Gasteiger partial charge in [-0.05, 0) is 24.1 Å². The molecular formula is C15H21NO4S. The molecule has 0 aliphatic rings.